The van der Waals surface area contributed by atoms with E-state index in [1.807, 2.05) is 0 Å². The van der Waals surface area contributed by atoms with Crippen molar-refractivity contribution in [2.24, 2.45) is 11.7 Å². The Hall–Kier alpha value is -0.810. The summed E-state index contributed by atoms with van der Waals surface area (Å²) in [6, 6.07) is 0.429. The van der Waals surface area contributed by atoms with Gasteiger partial charge in [0.25, 0.3) is 0 Å². The molecule has 2 saturated heterocycles. The molecule has 0 aromatic rings. The Labute approximate surface area is 90.9 Å². The second-order valence-electron chi connectivity index (χ2n) is 4.44. The molecule has 0 aromatic carbocycles. The summed E-state index contributed by atoms with van der Waals surface area (Å²) in [5.41, 5.74) is 5.63. The van der Waals surface area contributed by atoms with E-state index in [4.69, 9.17) is 11.1 Å². The van der Waals surface area contributed by atoms with Crippen LogP contribution in [0.1, 0.15) is 12.8 Å². The molecule has 0 radical (unpaired) electrons. The molecule has 1 unspecified atom stereocenters. The zero-order valence-corrected chi connectivity index (χ0v) is 9.13. The van der Waals surface area contributed by atoms with Crippen molar-refractivity contribution in [3.63, 3.8) is 0 Å². The highest BCUT2D eigenvalue weighted by Gasteiger charge is 2.31. The van der Waals surface area contributed by atoms with Crippen molar-refractivity contribution < 1.29 is 0 Å². The highest BCUT2D eigenvalue weighted by atomic mass is 15.3. The van der Waals surface area contributed by atoms with Crippen LogP contribution in [0.4, 0.5) is 0 Å². The quantitative estimate of drug-likeness (QED) is 0.337. The molecule has 0 saturated carbocycles. The van der Waals surface area contributed by atoms with Crippen LogP contribution >= 0.6 is 0 Å². The number of guanidine groups is 1. The van der Waals surface area contributed by atoms with Crippen molar-refractivity contribution in [3.05, 3.63) is 0 Å². The lowest BCUT2D eigenvalue weighted by atomic mass is 9.88. The predicted molar refractivity (Wildman–Crippen MR) is 60.9 cm³/mol. The van der Waals surface area contributed by atoms with Gasteiger partial charge < -0.3 is 21.3 Å². The van der Waals surface area contributed by atoms with Crippen LogP contribution in [-0.2, 0) is 0 Å². The van der Waals surface area contributed by atoms with Crippen molar-refractivity contribution in [2.75, 3.05) is 32.7 Å². The van der Waals surface area contributed by atoms with E-state index in [0.29, 0.717) is 12.0 Å². The minimum atomic E-state index is 0.236. The fraction of sp³-hybridized carbons (Fsp3) is 0.900. The Morgan fingerprint density at radius 3 is 2.60 bits per heavy atom. The fourth-order valence-electron chi connectivity index (χ4n) is 2.67. The molecule has 2 aliphatic rings. The smallest absolute Gasteiger partial charge is 0.188 e. The van der Waals surface area contributed by atoms with Crippen molar-refractivity contribution in [2.45, 2.75) is 18.9 Å². The summed E-state index contributed by atoms with van der Waals surface area (Å²) in [4.78, 5) is 2.06. The molecule has 2 fully saturated rings. The van der Waals surface area contributed by atoms with Crippen LogP contribution in [0, 0.1) is 11.3 Å². The van der Waals surface area contributed by atoms with Crippen molar-refractivity contribution in [1.29, 1.82) is 5.41 Å². The first-order chi connectivity index (χ1) is 7.29. The van der Waals surface area contributed by atoms with E-state index in [0.717, 1.165) is 32.7 Å². The van der Waals surface area contributed by atoms with Crippen molar-refractivity contribution in [1.82, 2.24) is 15.5 Å². The maximum atomic E-state index is 7.60. The fourth-order valence-corrected chi connectivity index (χ4v) is 2.67. The maximum absolute atomic E-state index is 7.60. The molecular formula is C10H21N5. The van der Waals surface area contributed by atoms with Crippen LogP contribution in [0.5, 0.6) is 0 Å². The van der Waals surface area contributed by atoms with Crippen LogP contribution in [0.2, 0.25) is 0 Å². The van der Waals surface area contributed by atoms with Gasteiger partial charge in [0.1, 0.15) is 0 Å². The number of rotatable bonds is 1. The van der Waals surface area contributed by atoms with Gasteiger partial charge in [0.05, 0.1) is 0 Å². The van der Waals surface area contributed by atoms with E-state index in [1.54, 1.807) is 0 Å². The van der Waals surface area contributed by atoms with E-state index < -0.39 is 0 Å². The second kappa shape index (κ2) is 4.81. The zero-order valence-electron chi connectivity index (χ0n) is 9.13. The lowest BCUT2D eigenvalue weighted by Crippen LogP contribution is -2.59. The first-order valence-corrected chi connectivity index (χ1v) is 5.81. The number of piperazine rings is 1. The van der Waals surface area contributed by atoms with Crippen LogP contribution in [-0.4, -0.2) is 49.6 Å². The van der Waals surface area contributed by atoms with Crippen LogP contribution in [0.25, 0.3) is 0 Å². The van der Waals surface area contributed by atoms with Gasteiger partial charge in [-0.25, -0.2) is 0 Å². The molecule has 5 nitrogen and oxygen atoms in total. The Morgan fingerprint density at radius 2 is 1.93 bits per heavy atom. The summed E-state index contributed by atoms with van der Waals surface area (Å²) < 4.78 is 0. The van der Waals surface area contributed by atoms with E-state index in [-0.39, 0.29) is 5.96 Å². The van der Waals surface area contributed by atoms with Crippen LogP contribution in [0.15, 0.2) is 0 Å². The van der Waals surface area contributed by atoms with Gasteiger partial charge >= 0.3 is 0 Å². The minimum Gasteiger partial charge on any atom is -0.370 e. The van der Waals surface area contributed by atoms with Gasteiger partial charge in [-0.1, -0.05) is 0 Å². The SMILES string of the molecule is N=C(N)N1CCNCC1C1CCNCC1. The third-order valence-corrected chi connectivity index (χ3v) is 3.52. The average molecular weight is 211 g/mol. The number of nitrogens with zero attached hydrogens (tertiary/aromatic N) is 1. The molecule has 86 valence electrons. The molecule has 0 spiro atoms. The largest absolute Gasteiger partial charge is 0.370 e. The molecule has 2 heterocycles. The van der Waals surface area contributed by atoms with Gasteiger partial charge in [-0.2, -0.15) is 0 Å². The number of hydrogen-bond acceptors (Lipinski definition) is 3. The molecule has 0 amide bonds. The van der Waals surface area contributed by atoms with Gasteiger partial charge in [0.15, 0.2) is 5.96 Å². The van der Waals surface area contributed by atoms with Gasteiger partial charge in [-0.15, -0.1) is 0 Å². The third kappa shape index (κ3) is 2.41. The molecule has 15 heavy (non-hydrogen) atoms. The third-order valence-electron chi connectivity index (χ3n) is 3.52. The minimum absolute atomic E-state index is 0.236. The molecule has 0 aliphatic carbocycles. The number of nitrogens with two attached hydrogens (primary N) is 1. The molecule has 5 heteroatoms. The Kier molecular flexibility index (Phi) is 3.43. The normalized spacial score (nSPS) is 29.1. The molecule has 0 bridgehead atoms. The molecule has 0 aromatic heterocycles. The van der Waals surface area contributed by atoms with Crippen LogP contribution < -0.4 is 16.4 Å². The van der Waals surface area contributed by atoms with E-state index in [1.165, 1.54) is 12.8 Å². The summed E-state index contributed by atoms with van der Waals surface area (Å²) in [5.74, 6) is 0.919. The highest BCUT2D eigenvalue weighted by Crippen LogP contribution is 2.21. The summed E-state index contributed by atoms with van der Waals surface area (Å²) in [6.07, 6.45) is 2.41. The zero-order chi connectivity index (χ0) is 10.7. The lowest BCUT2D eigenvalue weighted by molar-refractivity contribution is 0.158. The van der Waals surface area contributed by atoms with Crippen molar-refractivity contribution in [3.8, 4) is 0 Å². The maximum Gasteiger partial charge on any atom is 0.188 e. The number of hydrogen-bond donors (Lipinski definition) is 4. The first-order valence-electron chi connectivity index (χ1n) is 5.81. The van der Waals surface area contributed by atoms with E-state index in [9.17, 15) is 0 Å². The Morgan fingerprint density at radius 1 is 1.20 bits per heavy atom. The van der Waals surface area contributed by atoms with Gasteiger partial charge in [0, 0.05) is 25.7 Å². The number of piperidine rings is 1. The van der Waals surface area contributed by atoms with E-state index >= 15 is 0 Å². The topological polar surface area (TPSA) is 77.2 Å². The first kappa shape index (κ1) is 10.7. The van der Waals surface area contributed by atoms with Crippen LogP contribution in [0.3, 0.4) is 0 Å². The Bertz CT molecular complexity index is 224. The average Bonchev–Trinajstić information content (AvgIpc) is 2.30. The van der Waals surface area contributed by atoms with Gasteiger partial charge in [0.2, 0.25) is 0 Å². The molecule has 2 aliphatic heterocycles. The molecule has 1 atom stereocenters. The van der Waals surface area contributed by atoms with Gasteiger partial charge in [-0.3, -0.25) is 5.41 Å². The molecule has 2 rings (SSSR count). The predicted octanol–water partition coefficient (Wildman–Crippen LogP) is -0.847. The highest BCUT2D eigenvalue weighted by molar-refractivity contribution is 5.75. The van der Waals surface area contributed by atoms with E-state index in [2.05, 4.69) is 15.5 Å². The summed E-state index contributed by atoms with van der Waals surface area (Å²) in [6.45, 7) is 5.01. The molecule has 5 N–H and O–H groups in total. The van der Waals surface area contributed by atoms with Gasteiger partial charge in [-0.05, 0) is 31.8 Å². The standard InChI is InChI=1S/C10H21N5/c11-10(12)15-6-5-14-7-9(15)8-1-3-13-4-2-8/h8-9,13-14H,1-7H2,(H3,11,12). The summed E-state index contributed by atoms with van der Waals surface area (Å²) >= 11 is 0. The monoisotopic (exact) mass is 211 g/mol. The van der Waals surface area contributed by atoms with Crippen molar-refractivity contribution >= 4 is 5.96 Å². The molecular weight excluding hydrogens is 190 g/mol. The Balaban J connectivity index is 1.99. The summed E-state index contributed by atoms with van der Waals surface area (Å²) in [5, 5.41) is 14.4. The lowest BCUT2D eigenvalue weighted by Gasteiger charge is -2.42. The number of nitrogens with one attached hydrogen (secondary N) is 3. The second-order valence-corrected chi connectivity index (χ2v) is 4.44. The summed E-state index contributed by atoms with van der Waals surface area (Å²) in [7, 11) is 0.